The molecule has 1 amide bonds. The van der Waals surface area contributed by atoms with E-state index in [-0.39, 0.29) is 5.91 Å². The second-order valence-electron chi connectivity index (χ2n) is 5.92. The summed E-state index contributed by atoms with van der Waals surface area (Å²) in [6.45, 7) is 9.99. The Morgan fingerprint density at radius 3 is 2.29 bits per heavy atom. The van der Waals surface area contributed by atoms with Crippen LogP contribution in [0.3, 0.4) is 0 Å². The minimum atomic E-state index is 0.277. The van der Waals surface area contributed by atoms with Crippen LogP contribution < -0.4 is 5.32 Å². The average Bonchev–Trinajstić information content (AvgIpc) is 2.57. The fourth-order valence-electron chi connectivity index (χ4n) is 2.06. The molecule has 1 N–H and O–H groups in total. The van der Waals surface area contributed by atoms with E-state index in [0.29, 0.717) is 12.0 Å². The lowest BCUT2D eigenvalue weighted by atomic mass is 9.90. The van der Waals surface area contributed by atoms with Crippen molar-refractivity contribution in [2.45, 2.75) is 52.9 Å². The Hall–Kier alpha value is -0.570. The van der Waals surface area contributed by atoms with Gasteiger partial charge in [-0.1, -0.05) is 33.6 Å². The minimum Gasteiger partial charge on any atom is -0.342 e. The SMILES string of the molecule is CCC(C)(C)CNCC(=O)N1CCCCCC1. The second-order valence-corrected chi connectivity index (χ2v) is 5.92. The monoisotopic (exact) mass is 240 g/mol. The van der Waals surface area contributed by atoms with E-state index in [1.807, 2.05) is 4.90 Å². The van der Waals surface area contributed by atoms with Crippen molar-refractivity contribution in [3.05, 3.63) is 0 Å². The van der Waals surface area contributed by atoms with E-state index in [0.717, 1.165) is 26.1 Å². The van der Waals surface area contributed by atoms with Crippen molar-refractivity contribution in [2.24, 2.45) is 5.41 Å². The lowest BCUT2D eigenvalue weighted by molar-refractivity contribution is -0.130. The highest BCUT2D eigenvalue weighted by molar-refractivity contribution is 5.78. The molecule has 1 aliphatic rings. The van der Waals surface area contributed by atoms with Crippen LogP contribution in [0.2, 0.25) is 0 Å². The molecule has 0 saturated carbocycles. The van der Waals surface area contributed by atoms with E-state index in [9.17, 15) is 4.79 Å². The van der Waals surface area contributed by atoms with Crippen molar-refractivity contribution < 1.29 is 4.79 Å². The van der Waals surface area contributed by atoms with Crippen molar-refractivity contribution in [3.63, 3.8) is 0 Å². The zero-order chi connectivity index (χ0) is 12.7. The van der Waals surface area contributed by atoms with Gasteiger partial charge in [0.05, 0.1) is 6.54 Å². The summed E-state index contributed by atoms with van der Waals surface area (Å²) in [5.41, 5.74) is 0.291. The molecule has 1 fully saturated rings. The number of nitrogens with one attached hydrogen (secondary N) is 1. The summed E-state index contributed by atoms with van der Waals surface area (Å²) in [6.07, 6.45) is 6.04. The van der Waals surface area contributed by atoms with Crippen LogP contribution >= 0.6 is 0 Å². The summed E-state index contributed by atoms with van der Waals surface area (Å²) in [5, 5.41) is 3.30. The van der Waals surface area contributed by atoms with Gasteiger partial charge in [0.2, 0.25) is 5.91 Å². The van der Waals surface area contributed by atoms with Gasteiger partial charge in [-0.3, -0.25) is 4.79 Å². The Bertz CT molecular complexity index is 230. The molecule has 0 aliphatic carbocycles. The van der Waals surface area contributed by atoms with Gasteiger partial charge in [-0.2, -0.15) is 0 Å². The molecule has 17 heavy (non-hydrogen) atoms. The van der Waals surface area contributed by atoms with E-state index in [1.165, 1.54) is 25.7 Å². The Morgan fingerprint density at radius 1 is 1.18 bits per heavy atom. The number of hydrogen-bond donors (Lipinski definition) is 1. The smallest absolute Gasteiger partial charge is 0.236 e. The third-order valence-corrected chi connectivity index (χ3v) is 3.80. The first-order valence-electron chi connectivity index (χ1n) is 7.04. The number of likely N-dealkylation sites (tertiary alicyclic amines) is 1. The minimum absolute atomic E-state index is 0.277. The summed E-state index contributed by atoms with van der Waals surface area (Å²) >= 11 is 0. The number of rotatable bonds is 5. The highest BCUT2D eigenvalue weighted by atomic mass is 16.2. The lowest BCUT2D eigenvalue weighted by Gasteiger charge is -2.25. The largest absolute Gasteiger partial charge is 0.342 e. The third kappa shape index (κ3) is 5.53. The van der Waals surface area contributed by atoms with Crippen molar-refractivity contribution in [1.82, 2.24) is 10.2 Å². The molecule has 0 unspecified atom stereocenters. The molecule has 1 aliphatic heterocycles. The van der Waals surface area contributed by atoms with Gasteiger partial charge in [-0.05, 0) is 24.7 Å². The van der Waals surface area contributed by atoms with Gasteiger partial charge in [-0.15, -0.1) is 0 Å². The van der Waals surface area contributed by atoms with E-state index in [4.69, 9.17) is 0 Å². The predicted octanol–water partition coefficient (Wildman–Crippen LogP) is 2.41. The fourth-order valence-corrected chi connectivity index (χ4v) is 2.06. The molecule has 0 atom stereocenters. The first kappa shape index (κ1) is 14.5. The van der Waals surface area contributed by atoms with Gasteiger partial charge < -0.3 is 10.2 Å². The van der Waals surface area contributed by atoms with Gasteiger partial charge in [-0.25, -0.2) is 0 Å². The van der Waals surface area contributed by atoms with Crippen LogP contribution in [0, 0.1) is 5.41 Å². The lowest BCUT2D eigenvalue weighted by Crippen LogP contribution is -2.41. The summed E-state index contributed by atoms with van der Waals surface area (Å²) in [7, 11) is 0. The Balaban J connectivity index is 2.24. The van der Waals surface area contributed by atoms with Crippen LogP contribution in [-0.4, -0.2) is 37.0 Å². The van der Waals surface area contributed by atoms with Crippen molar-refractivity contribution in [1.29, 1.82) is 0 Å². The normalized spacial score (nSPS) is 17.9. The quantitative estimate of drug-likeness (QED) is 0.800. The van der Waals surface area contributed by atoms with E-state index in [2.05, 4.69) is 26.1 Å². The summed E-state index contributed by atoms with van der Waals surface area (Å²) in [4.78, 5) is 14.0. The third-order valence-electron chi connectivity index (χ3n) is 3.80. The Labute approximate surface area is 106 Å². The zero-order valence-electron chi connectivity index (χ0n) is 11.7. The Kier molecular flexibility index (Phi) is 5.96. The van der Waals surface area contributed by atoms with Crippen LogP contribution in [0.4, 0.5) is 0 Å². The van der Waals surface area contributed by atoms with Crippen molar-refractivity contribution >= 4 is 5.91 Å². The molecular formula is C14H28N2O. The first-order valence-corrected chi connectivity index (χ1v) is 7.04. The maximum Gasteiger partial charge on any atom is 0.236 e. The maximum absolute atomic E-state index is 12.0. The first-order chi connectivity index (χ1) is 8.05. The van der Waals surface area contributed by atoms with E-state index in [1.54, 1.807) is 0 Å². The van der Waals surface area contributed by atoms with Crippen LogP contribution in [0.25, 0.3) is 0 Å². The van der Waals surface area contributed by atoms with Crippen LogP contribution in [0.1, 0.15) is 52.9 Å². The molecule has 1 heterocycles. The molecule has 0 aromatic heterocycles. The molecule has 0 radical (unpaired) electrons. The van der Waals surface area contributed by atoms with Gasteiger partial charge >= 0.3 is 0 Å². The van der Waals surface area contributed by atoms with Gasteiger partial charge in [0.1, 0.15) is 0 Å². The zero-order valence-corrected chi connectivity index (χ0v) is 11.7. The molecule has 1 saturated heterocycles. The number of carbonyl (C=O) groups excluding carboxylic acids is 1. The van der Waals surface area contributed by atoms with Gasteiger partial charge in [0.25, 0.3) is 0 Å². The van der Waals surface area contributed by atoms with Crippen LogP contribution in [-0.2, 0) is 4.79 Å². The fraction of sp³-hybridized carbons (Fsp3) is 0.929. The molecule has 100 valence electrons. The van der Waals surface area contributed by atoms with Crippen molar-refractivity contribution in [3.8, 4) is 0 Å². The molecular weight excluding hydrogens is 212 g/mol. The summed E-state index contributed by atoms with van der Waals surface area (Å²) < 4.78 is 0. The molecule has 0 spiro atoms. The average molecular weight is 240 g/mol. The van der Waals surface area contributed by atoms with Crippen LogP contribution in [0.5, 0.6) is 0 Å². The van der Waals surface area contributed by atoms with Gasteiger partial charge in [0, 0.05) is 19.6 Å². The molecule has 0 aromatic carbocycles. The number of nitrogens with zero attached hydrogens (tertiary/aromatic N) is 1. The molecule has 0 bridgehead atoms. The molecule has 0 aromatic rings. The Morgan fingerprint density at radius 2 is 1.76 bits per heavy atom. The predicted molar refractivity (Wildman–Crippen MR) is 72.0 cm³/mol. The number of carbonyl (C=O) groups is 1. The maximum atomic E-state index is 12.0. The standard InChI is InChI=1S/C14H28N2O/c1-4-14(2,3)12-15-11-13(17)16-9-7-5-6-8-10-16/h15H,4-12H2,1-3H3. The molecule has 3 heteroatoms. The van der Waals surface area contributed by atoms with Gasteiger partial charge in [0.15, 0.2) is 0 Å². The number of hydrogen-bond acceptors (Lipinski definition) is 2. The number of amides is 1. The topological polar surface area (TPSA) is 32.3 Å². The second kappa shape index (κ2) is 7.00. The summed E-state index contributed by atoms with van der Waals surface area (Å²) in [5.74, 6) is 0.277. The molecule has 1 rings (SSSR count). The van der Waals surface area contributed by atoms with Crippen molar-refractivity contribution in [2.75, 3.05) is 26.2 Å². The summed E-state index contributed by atoms with van der Waals surface area (Å²) in [6, 6.07) is 0. The molecule has 3 nitrogen and oxygen atoms in total. The highest BCUT2D eigenvalue weighted by Crippen LogP contribution is 2.17. The van der Waals surface area contributed by atoms with E-state index < -0.39 is 0 Å². The van der Waals surface area contributed by atoms with Crippen LogP contribution in [0.15, 0.2) is 0 Å². The van der Waals surface area contributed by atoms with E-state index >= 15 is 0 Å². The highest BCUT2D eigenvalue weighted by Gasteiger charge is 2.17.